The second-order valence-corrected chi connectivity index (χ2v) is 7.46. The number of hydrogen-bond acceptors (Lipinski definition) is 3. The van der Waals surface area contributed by atoms with E-state index in [1.165, 1.54) is 0 Å². The van der Waals surface area contributed by atoms with Gasteiger partial charge in [0.05, 0.1) is 17.9 Å². The second-order valence-electron chi connectivity index (χ2n) is 7.46. The SMILES string of the molecule is Cc1c(C(C)NC(=O)c2ccc(NC(=O)NC(C)C)cc2)cnn1-c1ccccc1. The second kappa shape index (κ2) is 9.26. The minimum absolute atomic E-state index is 0.0474. The van der Waals surface area contributed by atoms with Crippen LogP contribution in [0.25, 0.3) is 5.69 Å². The Morgan fingerprint density at radius 3 is 2.23 bits per heavy atom. The smallest absolute Gasteiger partial charge is 0.319 e. The van der Waals surface area contributed by atoms with Crippen molar-refractivity contribution >= 4 is 17.6 Å². The van der Waals surface area contributed by atoms with Crippen LogP contribution in [0.15, 0.2) is 60.8 Å². The molecule has 0 aliphatic carbocycles. The lowest BCUT2D eigenvalue weighted by Gasteiger charge is -2.15. The predicted octanol–water partition coefficient (Wildman–Crippen LogP) is 4.20. The molecule has 0 aliphatic heterocycles. The Morgan fingerprint density at radius 2 is 1.60 bits per heavy atom. The van der Waals surface area contributed by atoms with Gasteiger partial charge in [-0.05, 0) is 64.1 Å². The highest BCUT2D eigenvalue weighted by Gasteiger charge is 2.17. The van der Waals surface area contributed by atoms with Crippen molar-refractivity contribution < 1.29 is 9.59 Å². The number of anilines is 1. The van der Waals surface area contributed by atoms with Gasteiger partial charge in [0.1, 0.15) is 0 Å². The van der Waals surface area contributed by atoms with E-state index in [1.54, 1.807) is 30.5 Å². The molecule has 0 saturated carbocycles. The van der Waals surface area contributed by atoms with Crippen molar-refractivity contribution in [2.75, 3.05) is 5.32 Å². The summed E-state index contributed by atoms with van der Waals surface area (Å²) in [6, 6.07) is 16.2. The van der Waals surface area contributed by atoms with Crippen LogP contribution in [0.5, 0.6) is 0 Å². The summed E-state index contributed by atoms with van der Waals surface area (Å²) in [7, 11) is 0. The van der Waals surface area contributed by atoms with Crippen molar-refractivity contribution in [2.45, 2.75) is 39.8 Å². The summed E-state index contributed by atoms with van der Waals surface area (Å²) in [6.07, 6.45) is 1.79. The first kappa shape index (κ1) is 21.1. The Kier molecular flexibility index (Phi) is 6.51. The third-order valence-corrected chi connectivity index (χ3v) is 4.69. The van der Waals surface area contributed by atoms with E-state index in [0.717, 1.165) is 16.9 Å². The van der Waals surface area contributed by atoms with Gasteiger partial charge in [0.2, 0.25) is 0 Å². The van der Waals surface area contributed by atoms with E-state index in [9.17, 15) is 9.59 Å². The van der Waals surface area contributed by atoms with Crippen molar-refractivity contribution in [3.05, 3.63) is 77.6 Å². The lowest BCUT2D eigenvalue weighted by Crippen LogP contribution is -2.34. The van der Waals surface area contributed by atoms with Gasteiger partial charge in [-0.15, -0.1) is 0 Å². The summed E-state index contributed by atoms with van der Waals surface area (Å²) in [5.41, 5.74) is 4.05. The zero-order valence-electron chi connectivity index (χ0n) is 17.6. The molecule has 0 radical (unpaired) electrons. The van der Waals surface area contributed by atoms with E-state index < -0.39 is 0 Å². The first-order chi connectivity index (χ1) is 14.3. The zero-order valence-corrected chi connectivity index (χ0v) is 17.6. The van der Waals surface area contributed by atoms with Crippen molar-refractivity contribution in [1.29, 1.82) is 0 Å². The van der Waals surface area contributed by atoms with Crippen LogP contribution in [0.2, 0.25) is 0 Å². The first-order valence-corrected chi connectivity index (χ1v) is 9.93. The van der Waals surface area contributed by atoms with Crippen LogP contribution in [-0.4, -0.2) is 27.8 Å². The number of aromatic nitrogens is 2. The standard InChI is InChI=1S/C23H27N5O2/c1-15(2)25-23(30)27-19-12-10-18(11-13-19)22(29)26-16(3)21-14-24-28(17(21)4)20-8-6-5-7-9-20/h5-16H,1-4H3,(H,26,29)(H2,25,27,30). The van der Waals surface area contributed by atoms with E-state index in [0.29, 0.717) is 11.3 Å². The summed E-state index contributed by atoms with van der Waals surface area (Å²) in [6.45, 7) is 7.70. The Balaban J connectivity index is 1.65. The molecule has 3 rings (SSSR count). The quantitative estimate of drug-likeness (QED) is 0.574. The summed E-state index contributed by atoms with van der Waals surface area (Å²) in [5.74, 6) is -0.187. The molecular formula is C23H27N5O2. The Bertz CT molecular complexity index is 1010. The van der Waals surface area contributed by atoms with Crippen LogP contribution in [-0.2, 0) is 0 Å². The molecule has 1 aromatic heterocycles. The number of benzene rings is 2. The maximum Gasteiger partial charge on any atom is 0.319 e. The lowest BCUT2D eigenvalue weighted by atomic mass is 10.1. The van der Waals surface area contributed by atoms with E-state index >= 15 is 0 Å². The number of carbonyl (C=O) groups is 2. The number of para-hydroxylation sites is 1. The number of carbonyl (C=O) groups excluding carboxylic acids is 2. The van der Waals surface area contributed by atoms with Crippen molar-refractivity contribution in [1.82, 2.24) is 20.4 Å². The number of urea groups is 1. The highest BCUT2D eigenvalue weighted by atomic mass is 16.2. The van der Waals surface area contributed by atoms with E-state index in [-0.39, 0.29) is 24.0 Å². The summed E-state index contributed by atoms with van der Waals surface area (Å²) in [4.78, 5) is 24.4. The van der Waals surface area contributed by atoms with Crippen LogP contribution in [0, 0.1) is 6.92 Å². The number of hydrogen-bond donors (Lipinski definition) is 3. The van der Waals surface area contributed by atoms with E-state index in [2.05, 4.69) is 21.0 Å². The Morgan fingerprint density at radius 1 is 0.933 bits per heavy atom. The molecule has 1 heterocycles. The van der Waals surface area contributed by atoms with Gasteiger partial charge in [0.25, 0.3) is 5.91 Å². The van der Waals surface area contributed by atoms with Crippen LogP contribution >= 0.6 is 0 Å². The molecule has 0 aliphatic rings. The van der Waals surface area contributed by atoms with Crippen LogP contribution < -0.4 is 16.0 Å². The lowest BCUT2D eigenvalue weighted by molar-refractivity contribution is 0.0940. The molecule has 1 atom stereocenters. The molecule has 2 aromatic carbocycles. The molecule has 7 nitrogen and oxygen atoms in total. The minimum atomic E-state index is -0.276. The number of nitrogens with one attached hydrogen (secondary N) is 3. The monoisotopic (exact) mass is 405 g/mol. The normalized spacial score (nSPS) is 11.8. The fraction of sp³-hybridized carbons (Fsp3) is 0.261. The largest absolute Gasteiger partial charge is 0.345 e. The number of amides is 3. The van der Waals surface area contributed by atoms with Crippen molar-refractivity contribution in [3.63, 3.8) is 0 Å². The Labute approximate surface area is 176 Å². The maximum atomic E-state index is 12.7. The molecule has 1 unspecified atom stereocenters. The molecular weight excluding hydrogens is 378 g/mol. The summed E-state index contributed by atoms with van der Waals surface area (Å²) >= 11 is 0. The average molecular weight is 406 g/mol. The topological polar surface area (TPSA) is 88.1 Å². The van der Waals surface area contributed by atoms with Gasteiger partial charge < -0.3 is 16.0 Å². The third kappa shape index (κ3) is 5.05. The molecule has 30 heavy (non-hydrogen) atoms. The predicted molar refractivity (Wildman–Crippen MR) is 118 cm³/mol. The number of nitrogens with zero attached hydrogens (tertiary/aromatic N) is 2. The maximum absolute atomic E-state index is 12.7. The molecule has 0 saturated heterocycles. The highest BCUT2D eigenvalue weighted by molar-refractivity contribution is 5.95. The fourth-order valence-electron chi connectivity index (χ4n) is 3.17. The first-order valence-electron chi connectivity index (χ1n) is 9.93. The van der Waals surface area contributed by atoms with Gasteiger partial charge in [-0.2, -0.15) is 5.10 Å². The van der Waals surface area contributed by atoms with Gasteiger partial charge >= 0.3 is 6.03 Å². The molecule has 0 bridgehead atoms. The van der Waals surface area contributed by atoms with Crippen LogP contribution in [0.4, 0.5) is 10.5 Å². The molecule has 3 amide bonds. The van der Waals surface area contributed by atoms with E-state index in [1.807, 2.05) is 62.7 Å². The molecule has 3 aromatic rings. The van der Waals surface area contributed by atoms with Crippen molar-refractivity contribution in [3.8, 4) is 5.69 Å². The molecule has 0 spiro atoms. The molecule has 3 N–H and O–H groups in total. The van der Waals surface area contributed by atoms with Crippen LogP contribution in [0.1, 0.15) is 48.4 Å². The van der Waals surface area contributed by atoms with Gasteiger partial charge in [-0.25, -0.2) is 9.48 Å². The fourth-order valence-corrected chi connectivity index (χ4v) is 3.17. The van der Waals surface area contributed by atoms with E-state index in [4.69, 9.17) is 0 Å². The molecule has 156 valence electrons. The summed E-state index contributed by atoms with van der Waals surface area (Å²) < 4.78 is 1.86. The molecule has 0 fully saturated rings. The van der Waals surface area contributed by atoms with Crippen molar-refractivity contribution in [2.24, 2.45) is 0 Å². The average Bonchev–Trinajstić information content (AvgIpc) is 3.10. The highest BCUT2D eigenvalue weighted by Crippen LogP contribution is 2.20. The van der Waals surface area contributed by atoms with Gasteiger partial charge in [-0.3, -0.25) is 4.79 Å². The van der Waals surface area contributed by atoms with Gasteiger partial charge in [0, 0.05) is 28.6 Å². The minimum Gasteiger partial charge on any atom is -0.345 e. The van der Waals surface area contributed by atoms with Gasteiger partial charge in [-0.1, -0.05) is 18.2 Å². The summed E-state index contributed by atoms with van der Waals surface area (Å²) in [5, 5.41) is 13.0. The number of rotatable bonds is 6. The Hall–Kier alpha value is -3.61. The van der Waals surface area contributed by atoms with Gasteiger partial charge in [0.15, 0.2) is 0 Å². The zero-order chi connectivity index (χ0) is 21.7. The third-order valence-electron chi connectivity index (χ3n) is 4.69. The molecule has 7 heteroatoms. The van der Waals surface area contributed by atoms with Crippen LogP contribution in [0.3, 0.4) is 0 Å².